The Morgan fingerprint density at radius 1 is 0.688 bits per heavy atom. The smallest absolute Gasteiger partial charge is 0.0398 e. The van der Waals surface area contributed by atoms with Crippen LogP contribution >= 0.6 is 0 Å². The van der Waals surface area contributed by atoms with Crippen molar-refractivity contribution in [1.29, 1.82) is 0 Å². The first-order valence-electron chi connectivity index (χ1n) is 6.74. The summed E-state index contributed by atoms with van der Waals surface area (Å²) < 4.78 is 0. The molecule has 0 aliphatic carbocycles. The summed E-state index contributed by atoms with van der Waals surface area (Å²) in [7, 11) is 0. The highest BCUT2D eigenvalue weighted by Gasteiger charge is 1.79. The summed E-state index contributed by atoms with van der Waals surface area (Å²) >= 11 is 0. The number of hydrogen-bond donors (Lipinski definition) is 0. The molecule has 16 heavy (non-hydrogen) atoms. The highest BCUT2D eigenvalue weighted by Crippen LogP contribution is 1.99. The normalized spacial score (nSPS) is 8.38. The van der Waals surface area contributed by atoms with E-state index >= 15 is 0 Å². The van der Waals surface area contributed by atoms with E-state index in [1.165, 1.54) is 36.8 Å². The molecule has 0 atom stereocenters. The average Bonchev–Trinajstić information content (AvgIpc) is 2.34. The van der Waals surface area contributed by atoms with Gasteiger partial charge in [-0.1, -0.05) is 88.8 Å². The monoisotopic (exact) mass is 222 g/mol. The maximum atomic E-state index is 2.23. The van der Waals surface area contributed by atoms with Crippen LogP contribution in [0.1, 0.15) is 64.5 Å². The molecule has 0 amide bonds. The Kier molecular flexibility index (Phi) is 15.7. The molecule has 0 nitrogen and oxygen atoms in total. The molecule has 0 N–H and O–H groups in total. The van der Waals surface area contributed by atoms with Gasteiger partial charge in [-0.25, -0.2) is 0 Å². The first kappa shape index (κ1) is 17.6. The van der Waals surface area contributed by atoms with Gasteiger partial charge in [-0.05, 0) is 13.8 Å². The van der Waals surface area contributed by atoms with Crippen molar-refractivity contribution in [2.24, 2.45) is 0 Å². The number of unbranched alkanes of at least 4 members (excludes halogenated alkanes) is 3. The van der Waals surface area contributed by atoms with Crippen molar-refractivity contribution in [2.45, 2.75) is 67.2 Å². The third-order valence-corrected chi connectivity index (χ3v) is 2.18. The van der Waals surface area contributed by atoms with E-state index in [0.29, 0.717) is 0 Å². The van der Waals surface area contributed by atoms with Crippen LogP contribution in [-0.4, -0.2) is 0 Å². The van der Waals surface area contributed by atoms with Gasteiger partial charge in [-0.15, -0.1) is 0 Å². The Hall–Kier alpha value is -0.780. The summed E-state index contributed by atoms with van der Waals surface area (Å²) in [6.45, 7) is 12.7. The molecule has 0 aliphatic rings. The van der Waals surface area contributed by atoms with Crippen LogP contribution in [0.5, 0.6) is 0 Å². The van der Waals surface area contributed by atoms with Crippen LogP contribution in [-0.2, 0) is 0 Å². The van der Waals surface area contributed by atoms with E-state index < -0.39 is 0 Å². The lowest BCUT2D eigenvalue weighted by Gasteiger charge is -1.90. The van der Waals surface area contributed by atoms with Gasteiger partial charge in [-0.2, -0.15) is 0 Å². The van der Waals surface area contributed by atoms with Crippen molar-refractivity contribution in [3.05, 3.63) is 35.4 Å². The van der Waals surface area contributed by atoms with Crippen LogP contribution in [0.3, 0.4) is 0 Å². The van der Waals surface area contributed by atoms with Crippen molar-refractivity contribution < 1.29 is 0 Å². The van der Waals surface area contributed by atoms with Crippen LogP contribution in [0.2, 0.25) is 0 Å². The number of aryl methyl sites for hydroxylation is 2. The fraction of sp³-hybridized carbons (Fsp3) is 0.625. The summed E-state index contributed by atoms with van der Waals surface area (Å²) in [5, 5.41) is 0. The minimum Gasteiger partial charge on any atom is -0.0683 e. The zero-order valence-corrected chi connectivity index (χ0v) is 12.1. The van der Waals surface area contributed by atoms with Gasteiger partial charge in [0.05, 0.1) is 0 Å². The first-order valence-corrected chi connectivity index (χ1v) is 6.74. The van der Waals surface area contributed by atoms with E-state index in [1.54, 1.807) is 0 Å². The SMILES string of the molecule is CC.CCCCCC.Cc1ccc(C)cc1. The molecule has 0 spiro atoms. The molecule has 0 aromatic heterocycles. The van der Waals surface area contributed by atoms with Crippen LogP contribution in [0.4, 0.5) is 0 Å². The predicted molar refractivity (Wildman–Crippen MR) is 77.1 cm³/mol. The van der Waals surface area contributed by atoms with Crippen molar-refractivity contribution in [3.8, 4) is 0 Å². The molecule has 1 aromatic carbocycles. The molecule has 94 valence electrons. The van der Waals surface area contributed by atoms with Crippen molar-refractivity contribution in [1.82, 2.24) is 0 Å². The molecule has 0 heteroatoms. The topological polar surface area (TPSA) is 0 Å². The Morgan fingerprint density at radius 2 is 0.938 bits per heavy atom. The second-order valence-electron chi connectivity index (χ2n) is 3.86. The lowest BCUT2D eigenvalue weighted by molar-refractivity contribution is 0.702. The van der Waals surface area contributed by atoms with Crippen molar-refractivity contribution >= 4 is 0 Å². The fourth-order valence-electron chi connectivity index (χ4n) is 1.14. The van der Waals surface area contributed by atoms with E-state index in [9.17, 15) is 0 Å². The maximum Gasteiger partial charge on any atom is -0.0398 e. The van der Waals surface area contributed by atoms with E-state index in [-0.39, 0.29) is 0 Å². The van der Waals surface area contributed by atoms with Gasteiger partial charge in [0, 0.05) is 0 Å². The molecule has 0 heterocycles. The van der Waals surface area contributed by atoms with Crippen LogP contribution in [0.25, 0.3) is 0 Å². The molecule has 0 fully saturated rings. The van der Waals surface area contributed by atoms with Gasteiger partial charge in [0.15, 0.2) is 0 Å². The molecular weight excluding hydrogens is 192 g/mol. The summed E-state index contributed by atoms with van der Waals surface area (Å²) in [6.07, 6.45) is 5.54. The Bertz CT molecular complexity index is 183. The van der Waals surface area contributed by atoms with Crippen molar-refractivity contribution in [2.75, 3.05) is 0 Å². The molecule has 0 saturated heterocycles. The van der Waals surface area contributed by atoms with Gasteiger partial charge in [0.1, 0.15) is 0 Å². The Labute approximate surface area is 103 Å². The zero-order chi connectivity index (χ0) is 12.8. The summed E-state index contributed by atoms with van der Waals surface area (Å²) in [5.41, 5.74) is 2.66. The fourth-order valence-corrected chi connectivity index (χ4v) is 1.14. The first-order chi connectivity index (χ1) is 7.70. The largest absolute Gasteiger partial charge is 0.0683 e. The Morgan fingerprint density at radius 3 is 1.12 bits per heavy atom. The molecule has 1 rings (SSSR count). The van der Waals surface area contributed by atoms with Crippen molar-refractivity contribution in [3.63, 3.8) is 0 Å². The van der Waals surface area contributed by atoms with Gasteiger partial charge < -0.3 is 0 Å². The molecule has 0 unspecified atom stereocenters. The maximum absolute atomic E-state index is 2.23. The van der Waals surface area contributed by atoms with E-state index in [1.807, 2.05) is 13.8 Å². The predicted octanol–water partition coefficient (Wildman–Crippen LogP) is 5.92. The summed E-state index contributed by atoms with van der Waals surface area (Å²) in [5.74, 6) is 0. The number of hydrogen-bond acceptors (Lipinski definition) is 0. The molecular formula is C16H30. The van der Waals surface area contributed by atoms with Crippen LogP contribution < -0.4 is 0 Å². The second-order valence-corrected chi connectivity index (χ2v) is 3.86. The molecule has 0 radical (unpaired) electrons. The quantitative estimate of drug-likeness (QED) is 0.557. The van der Waals surface area contributed by atoms with E-state index in [0.717, 1.165) is 0 Å². The molecule has 0 bridgehead atoms. The number of benzene rings is 1. The standard InChI is InChI=1S/C8H10.C6H14.C2H6/c1-7-3-5-8(2)6-4-7;1-3-5-6-4-2;1-2/h3-6H,1-2H3;3-6H2,1-2H3;1-2H3. The van der Waals surface area contributed by atoms with Gasteiger partial charge in [-0.3, -0.25) is 0 Å². The van der Waals surface area contributed by atoms with E-state index in [4.69, 9.17) is 0 Å². The highest BCUT2D eigenvalue weighted by atomic mass is 13.9. The zero-order valence-electron chi connectivity index (χ0n) is 12.1. The van der Waals surface area contributed by atoms with Gasteiger partial charge >= 0.3 is 0 Å². The average molecular weight is 222 g/mol. The third kappa shape index (κ3) is 13.2. The van der Waals surface area contributed by atoms with Crippen LogP contribution in [0, 0.1) is 13.8 Å². The second kappa shape index (κ2) is 14.2. The van der Waals surface area contributed by atoms with Crippen LogP contribution in [0.15, 0.2) is 24.3 Å². The Balaban J connectivity index is 0. The van der Waals surface area contributed by atoms with Gasteiger partial charge in [0.2, 0.25) is 0 Å². The minimum atomic E-state index is 1.33. The highest BCUT2D eigenvalue weighted by molar-refractivity contribution is 5.19. The molecule has 1 aromatic rings. The summed E-state index contributed by atoms with van der Waals surface area (Å²) in [6, 6.07) is 8.48. The molecule has 0 aliphatic heterocycles. The lowest BCUT2D eigenvalue weighted by Crippen LogP contribution is -1.70. The lowest BCUT2D eigenvalue weighted by atomic mass is 10.2. The third-order valence-electron chi connectivity index (χ3n) is 2.18. The van der Waals surface area contributed by atoms with E-state index in [2.05, 4.69) is 52.0 Å². The minimum absolute atomic E-state index is 1.33. The van der Waals surface area contributed by atoms with Gasteiger partial charge in [0.25, 0.3) is 0 Å². The molecule has 0 saturated carbocycles. The number of rotatable bonds is 3. The summed E-state index contributed by atoms with van der Waals surface area (Å²) in [4.78, 5) is 0.